The largest absolute Gasteiger partial charge is 0.387 e. The van der Waals surface area contributed by atoms with Crippen LogP contribution in [0.3, 0.4) is 0 Å². The monoisotopic (exact) mass is 354 g/mol. The van der Waals surface area contributed by atoms with Crippen molar-refractivity contribution in [2.75, 3.05) is 24.5 Å². The molecule has 1 amide bonds. The summed E-state index contributed by atoms with van der Waals surface area (Å²) < 4.78 is 1.95. The fraction of sp³-hybridized carbons (Fsp3) is 0.500. The Labute approximate surface area is 154 Å². The molecular weight excluding hydrogens is 328 g/mol. The first kappa shape index (κ1) is 17.2. The molecule has 4 rings (SSSR count). The smallest absolute Gasteiger partial charge is 0.241 e. The van der Waals surface area contributed by atoms with Gasteiger partial charge in [0.1, 0.15) is 0 Å². The summed E-state index contributed by atoms with van der Waals surface area (Å²) in [6.45, 7) is 7.29. The van der Waals surface area contributed by atoms with Gasteiger partial charge in [0.2, 0.25) is 5.91 Å². The lowest BCUT2D eigenvalue weighted by Gasteiger charge is -2.33. The van der Waals surface area contributed by atoms with Gasteiger partial charge in [-0.3, -0.25) is 14.4 Å². The lowest BCUT2D eigenvalue weighted by molar-refractivity contribution is -0.120. The molecule has 138 valence electrons. The summed E-state index contributed by atoms with van der Waals surface area (Å²) in [5.74, 6) is 0.165. The first-order valence-corrected chi connectivity index (χ1v) is 9.38. The second-order valence-electron chi connectivity index (χ2n) is 7.45. The summed E-state index contributed by atoms with van der Waals surface area (Å²) in [5.41, 5.74) is 5.37. The van der Waals surface area contributed by atoms with Crippen molar-refractivity contribution >= 4 is 11.6 Å². The van der Waals surface area contributed by atoms with Crippen molar-refractivity contribution in [2.45, 2.75) is 45.9 Å². The maximum absolute atomic E-state index is 13.0. The second-order valence-corrected chi connectivity index (χ2v) is 7.45. The predicted octanol–water partition coefficient (Wildman–Crippen LogP) is 2.04. The highest BCUT2D eigenvalue weighted by Crippen LogP contribution is 2.28. The van der Waals surface area contributed by atoms with Crippen molar-refractivity contribution in [3.05, 3.63) is 46.8 Å². The SMILES string of the molecule is Cc1ccc2c(c1)CCCN2C(=O)CN1CCn2nc([C@H](C)O)cc2C1. The normalized spacial score (nSPS) is 18.3. The Hall–Kier alpha value is -2.18. The van der Waals surface area contributed by atoms with Crippen LogP contribution in [-0.2, 0) is 24.3 Å². The van der Waals surface area contributed by atoms with E-state index in [9.17, 15) is 9.90 Å². The third kappa shape index (κ3) is 3.27. The molecule has 2 aliphatic rings. The highest BCUT2D eigenvalue weighted by atomic mass is 16.3. The quantitative estimate of drug-likeness (QED) is 0.916. The van der Waals surface area contributed by atoms with E-state index in [-0.39, 0.29) is 5.91 Å². The van der Waals surface area contributed by atoms with Crippen LogP contribution < -0.4 is 4.90 Å². The molecule has 0 radical (unpaired) electrons. The van der Waals surface area contributed by atoms with Crippen LogP contribution >= 0.6 is 0 Å². The van der Waals surface area contributed by atoms with Crippen LogP contribution in [0.2, 0.25) is 0 Å². The van der Waals surface area contributed by atoms with Crippen molar-refractivity contribution in [1.82, 2.24) is 14.7 Å². The molecule has 26 heavy (non-hydrogen) atoms. The van der Waals surface area contributed by atoms with Crippen LogP contribution in [0.1, 0.15) is 42.0 Å². The first-order chi connectivity index (χ1) is 12.5. The van der Waals surface area contributed by atoms with Gasteiger partial charge in [0.25, 0.3) is 0 Å². The summed E-state index contributed by atoms with van der Waals surface area (Å²) in [6.07, 6.45) is 1.51. The van der Waals surface area contributed by atoms with Gasteiger partial charge in [-0.05, 0) is 44.4 Å². The second kappa shape index (κ2) is 6.85. The third-order valence-electron chi connectivity index (χ3n) is 5.34. The van der Waals surface area contributed by atoms with Crippen molar-refractivity contribution in [3.8, 4) is 0 Å². The molecule has 0 saturated heterocycles. The van der Waals surface area contributed by atoms with Crippen LogP contribution in [0.4, 0.5) is 5.69 Å². The number of hydrogen-bond donors (Lipinski definition) is 1. The highest BCUT2D eigenvalue weighted by Gasteiger charge is 2.26. The van der Waals surface area contributed by atoms with Gasteiger partial charge in [0.05, 0.1) is 30.6 Å². The average Bonchev–Trinajstić information content (AvgIpc) is 3.04. The van der Waals surface area contributed by atoms with Gasteiger partial charge < -0.3 is 10.0 Å². The molecule has 3 heterocycles. The van der Waals surface area contributed by atoms with E-state index in [1.807, 2.05) is 15.6 Å². The number of carbonyl (C=O) groups is 1. The van der Waals surface area contributed by atoms with Gasteiger partial charge in [-0.1, -0.05) is 17.7 Å². The van der Waals surface area contributed by atoms with Gasteiger partial charge in [-0.2, -0.15) is 5.10 Å². The minimum absolute atomic E-state index is 0.165. The van der Waals surface area contributed by atoms with E-state index in [0.717, 1.165) is 43.9 Å². The number of carbonyl (C=O) groups excluding carboxylic acids is 1. The summed E-state index contributed by atoms with van der Waals surface area (Å²) in [5, 5.41) is 14.2. The number of aliphatic hydroxyl groups is 1. The predicted molar refractivity (Wildman–Crippen MR) is 100.0 cm³/mol. The molecule has 6 nitrogen and oxygen atoms in total. The molecule has 1 aromatic heterocycles. The Kier molecular flexibility index (Phi) is 4.54. The number of amides is 1. The highest BCUT2D eigenvalue weighted by molar-refractivity contribution is 5.96. The van der Waals surface area contributed by atoms with Crippen molar-refractivity contribution in [1.29, 1.82) is 0 Å². The number of aliphatic hydroxyl groups excluding tert-OH is 1. The van der Waals surface area contributed by atoms with Gasteiger partial charge in [-0.15, -0.1) is 0 Å². The van der Waals surface area contributed by atoms with Gasteiger partial charge >= 0.3 is 0 Å². The Morgan fingerprint density at radius 1 is 1.27 bits per heavy atom. The fourth-order valence-corrected chi connectivity index (χ4v) is 3.94. The van der Waals surface area contributed by atoms with E-state index >= 15 is 0 Å². The van der Waals surface area contributed by atoms with Crippen LogP contribution in [0, 0.1) is 6.92 Å². The summed E-state index contributed by atoms with van der Waals surface area (Å²) in [6, 6.07) is 8.31. The first-order valence-electron chi connectivity index (χ1n) is 9.38. The molecule has 0 aliphatic carbocycles. The lowest BCUT2D eigenvalue weighted by Crippen LogP contribution is -2.45. The summed E-state index contributed by atoms with van der Waals surface area (Å²) in [4.78, 5) is 17.1. The maximum Gasteiger partial charge on any atom is 0.241 e. The standard InChI is InChI=1S/C20H26N4O2/c1-14-5-6-19-16(10-14)4-3-7-23(19)20(26)13-22-8-9-24-17(12-22)11-18(21-24)15(2)25/h5-6,10-11,15,25H,3-4,7-9,12-13H2,1-2H3/t15-/m0/s1. The zero-order valence-corrected chi connectivity index (χ0v) is 15.5. The minimum Gasteiger partial charge on any atom is -0.387 e. The molecule has 0 saturated carbocycles. The lowest BCUT2D eigenvalue weighted by atomic mass is 9.99. The van der Waals surface area contributed by atoms with Crippen LogP contribution in [0.5, 0.6) is 0 Å². The van der Waals surface area contributed by atoms with E-state index in [4.69, 9.17) is 0 Å². The average molecular weight is 354 g/mol. The summed E-state index contributed by atoms with van der Waals surface area (Å²) >= 11 is 0. The summed E-state index contributed by atoms with van der Waals surface area (Å²) in [7, 11) is 0. The van der Waals surface area contributed by atoms with Crippen LogP contribution in [-0.4, -0.2) is 45.3 Å². The molecule has 0 fully saturated rings. The molecule has 0 unspecified atom stereocenters. The maximum atomic E-state index is 13.0. The Morgan fingerprint density at radius 2 is 2.12 bits per heavy atom. The third-order valence-corrected chi connectivity index (χ3v) is 5.34. The molecule has 2 aliphatic heterocycles. The van der Waals surface area contributed by atoms with E-state index in [0.29, 0.717) is 18.8 Å². The van der Waals surface area contributed by atoms with Crippen molar-refractivity contribution < 1.29 is 9.90 Å². The molecule has 0 spiro atoms. The van der Waals surface area contributed by atoms with Gasteiger partial charge in [0.15, 0.2) is 0 Å². The molecule has 6 heteroatoms. The molecule has 1 aromatic carbocycles. The Morgan fingerprint density at radius 3 is 2.92 bits per heavy atom. The van der Waals surface area contributed by atoms with Crippen molar-refractivity contribution in [3.63, 3.8) is 0 Å². The van der Waals surface area contributed by atoms with E-state index in [1.54, 1.807) is 6.92 Å². The van der Waals surface area contributed by atoms with Crippen LogP contribution in [0.25, 0.3) is 0 Å². The molecule has 0 bridgehead atoms. The zero-order valence-electron chi connectivity index (χ0n) is 15.5. The number of aryl methyl sites for hydroxylation is 2. The number of anilines is 1. The Bertz CT molecular complexity index is 827. The number of rotatable bonds is 3. The van der Waals surface area contributed by atoms with E-state index in [2.05, 4.69) is 35.1 Å². The van der Waals surface area contributed by atoms with E-state index in [1.165, 1.54) is 11.1 Å². The van der Waals surface area contributed by atoms with Gasteiger partial charge in [-0.25, -0.2) is 0 Å². The number of fused-ring (bicyclic) bond motifs is 2. The Balaban J connectivity index is 1.46. The number of nitrogens with zero attached hydrogens (tertiary/aromatic N) is 4. The number of benzene rings is 1. The topological polar surface area (TPSA) is 61.6 Å². The zero-order chi connectivity index (χ0) is 18.3. The van der Waals surface area contributed by atoms with E-state index < -0.39 is 6.10 Å². The molecular formula is C20H26N4O2. The van der Waals surface area contributed by atoms with Crippen molar-refractivity contribution in [2.24, 2.45) is 0 Å². The molecule has 2 aromatic rings. The van der Waals surface area contributed by atoms with Gasteiger partial charge in [0, 0.05) is 25.3 Å². The fourth-order valence-electron chi connectivity index (χ4n) is 3.94. The molecule has 1 N–H and O–H groups in total. The van der Waals surface area contributed by atoms with Crippen LogP contribution in [0.15, 0.2) is 24.3 Å². The number of hydrogen-bond acceptors (Lipinski definition) is 4. The number of aromatic nitrogens is 2. The molecule has 1 atom stereocenters. The minimum atomic E-state index is -0.559.